The first-order valence-corrected chi connectivity index (χ1v) is 5.33. The van der Waals surface area contributed by atoms with Crippen LogP contribution in [0.4, 0.5) is 5.82 Å². The Balaban J connectivity index is 2.41. The summed E-state index contributed by atoms with van der Waals surface area (Å²) in [5.41, 5.74) is 0. The molecule has 78 valence electrons. The lowest BCUT2D eigenvalue weighted by Crippen LogP contribution is -2.24. The van der Waals surface area contributed by atoms with Crippen molar-refractivity contribution in [2.45, 2.75) is 6.10 Å². The van der Waals surface area contributed by atoms with Crippen LogP contribution in [0.5, 0.6) is 0 Å². The van der Waals surface area contributed by atoms with Gasteiger partial charge in [0, 0.05) is 19.9 Å². The zero-order chi connectivity index (χ0) is 10.4. The van der Waals surface area contributed by atoms with Crippen LogP contribution in [0.3, 0.4) is 0 Å². The average Bonchev–Trinajstić information content (AvgIpc) is 2.17. The first-order valence-electron chi connectivity index (χ1n) is 4.25. The first-order chi connectivity index (χ1) is 6.74. The summed E-state index contributed by atoms with van der Waals surface area (Å²) >= 11 is 2.19. The molecule has 0 spiro atoms. The first kappa shape index (κ1) is 11.7. The number of pyridine rings is 1. The van der Waals surface area contributed by atoms with E-state index in [1.165, 1.54) is 0 Å². The summed E-state index contributed by atoms with van der Waals surface area (Å²) < 4.78 is 5.85. The molecule has 0 amide bonds. The van der Waals surface area contributed by atoms with Crippen LogP contribution < -0.4 is 5.32 Å². The van der Waals surface area contributed by atoms with Gasteiger partial charge in [0.25, 0.3) is 0 Å². The molecule has 2 N–H and O–H groups in total. The molecule has 14 heavy (non-hydrogen) atoms. The number of rotatable bonds is 5. The van der Waals surface area contributed by atoms with Gasteiger partial charge in [-0.1, -0.05) is 0 Å². The maximum Gasteiger partial charge on any atom is 0.139 e. The van der Waals surface area contributed by atoms with Crippen LogP contribution >= 0.6 is 22.6 Å². The molecule has 4 nitrogen and oxygen atoms in total. The number of aromatic nitrogens is 1. The minimum atomic E-state index is -0.502. The van der Waals surface area contributed by atoms with Gasteiger partial charge in [-0.15, -0.1) is 0 Å². The molecule has 0 unspecified atom stereocenters. The van der Waals surface area contributed by atoms with Gasteiger partial charge < -0.3 is 15.2 Å². The molecule has 0 saturated carbocycles. The van der Waals surface area contributed by atoms with Crippen molar-refractivity contribution in [1.29, 1.82) is 0 Å². The smallest absolute Gasteiger partial charge is 0.139 e. The summed E-state index contributed by atoms with van der Waals surface area (Å²) in [4.78, 5) is 4.14. The second-order valence-electron chi connectivity index (χ2n) is 2.82. The highest BCUT2D eigenvalue weighted by Gasteiger charge is 2.04. The predicted octanol–water partition coefficient (Wildman–Crippen LogP) is 1.11. The molecule has 5 heteroatoms. The lowest BCUT2D eigenvalue weighted by Gasteiger charge is -2.11. The summed E-state index contributed by atoms with van der Waals surface area (Å²) in [5.74, 6) is 0.795. The molecule has 1 rings (SSSR count). The van der Waals surface area contributed by atoms with Crippen molar-refractivity contribution in [3.05, 3.63) is 21.9 Å². The number of ether oxygens (including phenoxy) is 1. The van der Waals surface area contributed by atoms with Crippen molar-refractivity contribution < 1.29 is 9.84 Å². The minimum Gasteiger partial charge on any atom is -0.389 e. The lowest BCUT2D eigenvalue weighted by atomic mass is 10.3. The number of anilines is 1. The molecule has 0 aliphatic rings. The van der Waals surface area contributed by atoms with E-state index >= 15 is 0 Å². The van der Waals surface area contributed by atoms with Gasteiger partial charge in [-0.2, -0.15) is 0 Å². The van der Waals surface area contributed by atoms with Gasteiger partial charge >= 0.3 is 0 Å². The van der Waals surface area contributed by atoms with Gasteiger partial charge in [0.2, 0.25) is 0 Å². The Morgan fingerprint density at radius 2 is 2.50 bits per heavy atom. The van der Waals surface area contributed by atoms with Gasteiger partial charge in [0.1, 0.15) is 5.82 Å². The van der Waals surface area contributed by atoms with Gasteiger partial charge in [-0.3, -0.25) is 0 Å². The highest BCUT2D eigenvalue weighted by molar-refractivity contribution is 14.1. The Labute approximate surface area is 96.8 Å². The quantitative estimate of drug-likeness (QED) is 0.800. The Bertz CT molecular complexity index is 283. The number of aliphatic hydroxyl groups excluding tert-OH is 1. The fourth-order valence-electron chi connectivity index (χ4n) is 0.982. The zero-order valence-corrected chi connectivity index (χ0v) is 10.1. The molecular weight excluding hydrogens is 295 g/mol. The number of aliphatic hydroxyl groups is 1. The third kappa shape index (κ3) is 3.77. The van der Waals surface area contributed by atoms with E-state index < -0.39 is 6.10 Å². The maximum atomic E-state index is 9.38. The molecule has 0 radical (unpaired) electrons. The van der Waals surface area contributed by atoms with E-state index in [1.807, 2.05) is 12.1 Å². The van der Waals surface area contributed by atoms with Gasteiger partial charge in [-0.05, 0) is 34.7 Å². The van der Waals surface area contributed by atoms with Crippen LogP contribution in [0.25, 0.3) is 0 Å². The van der Waals surface area contributed by atoms with Crippen molar-refractivity contribution in [2.75, 3.05) is 25.6 Å². The Morgan fingerprint density at radius 1 is 1.71 bits per heavy atom. The van der Waals surface area contributed by atoms with E-state index in [4.69, 9.17) is 4.74 Å². The lowest BCUT2D eigenvalue weighted by molar-refractivity contribution is 0.0727. The summed E-state index contributed by atoms with van der Waals surface area (Å²) in [6.07, 6.45) is 1.21. The fraction of sp³-hybridized carbons (Fsp3) is 0.444. The third-order valence-corrected chi connectivity index (χ3v) is 2.49. The third-order valence-electron chi connectivity index (χ3n) is 1.62. The van der Waals surface area contributed by atoms with Crippen LogP contribution in [-0.2, 0) is 4.74 Å². The van der Waals surface area contributed by atoms with Crippen molar-refractivity contribution in [1.82, 2.24) is 4.98 Å². The van der Waals surface area contributed by atoms with E-state index in [0.29, 0.717) is 13.2 Å². The highest BCUT2D eigenvalue weighted by atomic mass is 127. The van der Waals surface area contributed by atoms with E-state index in [0.717, 1.165) is 9.39 Å². The monoisotopic (exact) mass is 308 g/mol. The largest absolute Gasteiger partial charge is 0.389 e. The molecule has 0 saturated heterocycles. The van der Waals surface area contributed by atoms with Crippen molar-refractivity contribution >= 4 is 28.4 Å². The van der Waals surface area contributed by atoms with E-state index in [9.17, 15) is 5.11 Å². The van der Waals surface area contributed by atoms with Crippen LogP contribution in [-0.4, -0.2) is 36.5 Å². The Hall–Kier alpha value is -0.400. The molecule has 0 aliphatic heterocycles. The Morgan fingerprint density at radius 3 is 3.14 bits per heavy atom. The standard InChI is InChI=1S/C9H13IN2O2/c1-14-6-7(13)5-12-9-8(10)3-2-4-11-9/h2-4,7,13H,5-6H2,1H3,(H,11,12)/t7-/m0/s1. The zero-order valence-electron chi connectivity index (χ0n) is 7.90. The molecule has 1 heterocycles. The molecule has 1 aromatic heterocycles. The summed E-state index contributed by atoms with van der Waals surface area (Å²) in [5, 5.41) is 12.4. The van der Waals surface area contributed by atoms with Crippen LogP contribution in [0.15, 0.2) is 18.3 Å². The van der Waals surface area contributed by atoms with Gasteiger partial charge in [-0.25, -0.2) is 4.98 Å². The number of halogens is 1. The molecule has 0 fully saturated rings. The second-order valence-corrected chi connectivity index (χ2v) is 3.99. The average molecular weight is 308 g/mol. The summed E-state index contributed by atoms with van der Waals surface area (Å²) in [6.45, 7) is 0.775. The van der Waals surface area contributed by atoms with Crippen LogP contribution in [0, 0.1) is 3.57 Å². The van der Waals surface area contributed by atoms with Crippen molar-refractivity contribution in [3.63, 3.8) is 0 Å². The number of methoxy groups -OCH3 is 1. The van der Waals surface area contributed by atoms with E-state index in [1.54, 1.807) is 13.3 Å². The molecule has 0 aromatic carbocycles. The van der Waals surface area contributed by atoms with Crippen LogP contribution in [0.2, 0.25) is 0 Å². The number of nitrogens with one attached hydrogen (secondary N) is 1. The van der Waals surface area contributed by atoms with Gasteiger partial charge in [0.05, 0.1) is 16.3 Å². The molecule has 1 aromatic rings. The highest BCUT2D eigenvalue weighted by Crippen LogP contribution is 2.13. The van der Waals surface area contributed by atoms with Gasteiger partial charge in [0.15, 0.2) is 0 Å². The molecule has 0 bridgehead atoms. The fourth-order valence-corrected chi connectivity index (χ4v) is 1.52. The molecule has 1 atom stereocenters. The summed E-state index contributed by atoms with van der Waals surface area (Å²) in [6, 6.07) is 3.83. The number of hydrogen-bond donors (Lipinski definition) is 2. The number of nitrogens with zero attached hydrogens (tertiary/aromatic N) is 1. The molecular formula is C9H13IN2O2. The number of hydrogen-bond acceptors (Lipinski definition) is 4. The van der Waals surface area contributed by atoms with E-state index in [2.05, 4.69) is 32.9 Å². The minimum absolute atomic E-state index is 0.330. The SMILES string of the molecule is COC[C@@H](O)CNc1ncccc1I. The summed E-state index contributed by atoms with van der Waals surface area (Å²) in [7, 11) is 1.56. The van der Waals surface area contributed by atoms with E-state index in [-0.39, 0.29) is 0 Å². The van der Waals surface area contributed by atoms with Crippen LogP contribution in [0.1, 0.15) is 0 Å². The maximum absolute atomic E-state index is 9.38. The second kappa shape index (κ2) is 6.15. The molecule has 0 aliphatic carbocycles. The predicted molar refractivity (Wildman–Crippen MR) is 63.3 cm³/mol. The van der Waals surface area contributed by atoms with Crippen molar-refractivity contribution in [3.8, 4) is 0 Å². The Kier molecular flexibility index (Phi) is 5.13. The topological polar surface area (TPSA) is 54.4 Å². The normalized spacial score (nSPS) is 12.5. The van der Waals surface area contributed by atoms with Crippen molar-refractivity contribution in [2.24, 2.45) is 0 Å².